The van der Waals surface area contributed by atoms with Crippen molar-refractivity contribution in [3.8, 4) is 0 Å². The highest BCUT2D eigenvalue weighted by molar-refractivity contribution is 5.80. The highest BCUT2D eigenvalue weighted by Gasteiger charge is 2.11. The van der Waals surface area contributed by atoms with Crippen LogP contribution >= 0.6 is 0 Å². The summed E-state index contributed by atoms with van der Waals surface area (Å²) in [5.41, 5.74) is 2.45. The predicted octanol–water partition coefficient (Wildman–Crippen LogP) is -0.275. The molecule has 0 aromatic carbocycles. The lowest BCUT2D eigenvalue weighted by Gasteiger charge is -2.22. The third kappa shape index (κ3) is 3.87. The molecule has 0 spiro atoms. The average Bonchev–Trinajstić information content (AvgIpc) is 2.38. The van der Waals surface area contributed by atoms with Crippen LogP contribution in [0, 0.1) is 0 Å². The molecule has 0 radical (unpaired) electrons. The van der Waals surface area contributed by atoms with Gasteiger partial charge in [0.25, 0.3) is 0 Å². The van der Waals surface area contributed by atoms with Crippen LogP contribution in [0.15, 0.2) is 12.4 Å². The number of hydrazine groups is 1. The van der Waals surface area contributed by atoms with E-state index >= 15 is 0 Å². The fourth-order valence-electron chi connectivity index (χ4n) is 1.40. The molecule has 7 heteroatoms. The van der Waals surface area contributed by atoms with E-state index in [9.17, 15) is 4.79 Å². The molecule has 0 aliphatic carbocycles. The van der Waals surface area contributed by atoms with Crippen LogP contribution in [0.2, 0.25) is 0 Å². The van der Waals surface area contributed by atoms with Crippen LogP contribution in [0.3, 0.4) is 0 Å². The normalized spacial score (nSPS) is 9.82. The fourth-order valence-corrected chi connectivity index (χ4v) is 1.40. The van der Waals surface area contributed by atoms with Crippen LogP contribution in [0.1, 0.15) is 13.3 Å². The van der Waals surface area contributed by atoms with Crippen LogP contribution in [-0.4, -0.2) is 36.0 Å². The number of nitrogens with two attached hydrogens (primary N) is 1. The Hall–Kier alpha value is -1.89. The third-order valence-corrected chi connectivity index (χ3v) is 2.23. The minimum atomic E-state index is -0.0562. The summed E-state index contributed by atoms with van der Waals surface area (Å²) < 4.78 is 0. The van der Waals surface area contributed by atoms with Crippen molar-refractivity contribution in [2.75, 3.05) is 30.5 Å². The lowest BCUT2D eigenvalue weighted by atomic mass is 10.3. The molecule has 0 aliphatic rings. The Balaban J connectivity index is 2.84. The largest absolute Gasteiger partial charge is 0.358 e. The maximum Gasteiger partial charge on any atom is 0.239 e. The molecule has 17 heavy (non-hydrogen) atoms. The van der Waals surface area contributed by atoms with E-state index in [-0.39, 0.29) is 12.5 Å². The van der Waals surface area contributed by atoms with E-state index < -0.39 is 0 Å². The van der Waals surface area contributed by atoms with Crippen molar-refractivity contribution in [1.82, 2.24) is 15.3 Å². The summed E-state index contributed by atoms with van der Waals surface area (Å²) in [4.78, 5) is 21.3. The summed E-state index contributed by atoms with van der Waals surface area (Å²) >= 11 is 0. The highest BCUT2D eigenvalue weighted by atomic mass is 16.1. The second kappa shape index (κ2) is 6.64. The van der Waals surface area contributed by atoms with E-state index in [0.29, 0.717) is 11.6 Å². The Morgan fingerprint density at radius 1 is 1.53 bits per heavy atom. The Kier molecular flexibility index (Phi) is 5.15. The van der Waals surface area contributed by atoms with E-state index in [4.69, 9.17) is 5.84 Å². The maximum atomic E-state index is 11.4. The molecule has 0 saturated heterocycles. The topological polar surface area (TPSA) is 96.2 Å². The molecule has 0 unspecified atom stereocenters. The molecule has 4 N–H and O–H groups in total. The standard InChI is InChI=1S/C10H18N6O/c1-3-4-16(6-10(17)12-2)9-5-8(15-11)13-7-14-9/h5,7H,3-4,6,11H2,1-2H3,(H,12,17)(H,13,14,15). The minimum Gasteiger partial charge on any atom is -0.358 e. The molecule has 1 rings (SSSR count). The first kappa shape index (κ1) is 13.2. The van der Waals surface area contributed by atoms with Crippen molar-refractivity contribution in [3.63, 3.8) is 0 Å². The number of nitrogens with zero attached hydrogens (tertiary/aromatic N) is 3. The minimum absolute atomic E-state index is 0.0562. The van der Waals surface area contributed by atoms with E-state index in [0.717, 1.165) is 13.0 Å². The zero-order chi connectivity index (χ0) is 12.7. The van der Waals surface area contributed by atoms with Crippen LogP contribution < -0.4 is 21.5 Å². The predicted molar refractivity (Wildman–Crippen MR) is 66.4 cm³/mol. The van der Waals surface area contributed by atoms with Gasteiger partial charge in [-0.25, -0.2) is 15.8 Å². The van der Waals surface area contributed by atoms with Crippen molar-refractivity contribution in [1.29, 1.82) is 0 Å². The molecule has 1 heterocycles. The van der Waals surface area contributed by atoms with Gasteiger partial charge in [-0.3, -0.25) is 4.79 Å². The number of amides is 1. The van der Waals surface area contributed by atoms with Crippen molar-refractivity contribution >= 4 is 17.5 Å². The fraction of sp³-hybridized carbons (Fsp3) is 0.500. The van der Waals surface area contributed by atoms with Crippen molar-refractivity contribution < 1.29 is 4.79 Å². The third-order valence-electron chi connectivity index (χ3n) is 2.23. The number of hydrogen-bond donors (Lipinski definition) is 3. The van der Waals surface area contributed by atoms with Gasteiger partial charge in [-0.2, -0.15) is 0 Å². The summed E-state index contributed by atoms with van der Waals surface area (Å²) in [5, 5.41) is 2.59. The highest BCUT2D eigenvalue weighted by Crippen LogP contribution is 2.13. The molecule has 0 bridgehead atoms. The zero-order valence-corrected chi connectivity index (χ0v) is 10.1. The first-order valence-electron chi connectivity index (χ1n) is 5.45. The SMILES string of the molecule is CCCN(CC(=O)NC)c1cc(NN)ncn1. The number of aromatic nitrogens is 2. The Morgan fingerprint density at radius 3 is 2.88 bits per heavy atom. The second-order valence-electron chi connectivity index (χ2n) is 3.50. The molecule has 1 aromatic rings. The summed E-state index contributed by atoms with van der Waals surface area (Å²) in [7, 11) is 1.61. The number of rotatable bonds is 6. The van der Waals surface area contributed by atoms with Crippen molar-refractivity contribution in [2.45, 2.75) is 13.3 Å². The maximum absolute atomic E-state index is 11.4. The van der Waals surface area contributed by atoms with Crippen molar-refractivity contribution in [2.24, 2.45) is 5.84 Å². The number of anilines is 2. The average molecular weight is 238 g/mol. The molecule has 7 nitrogen and oxygen atoms in total. The number of nitrogen functional groups attached to an aromatic ring is 1. The molecule has 0 fully saturated rings. The molecular weight excluding hydrogens is 220 g/mol. The first-order chi connectivity index (χ1) is 8.21. The number of carbonyl (C=O) groups excluding carboxylic acids is 1. The van der Waals surface area contributed by atoms with Gasteiger partial charge in [0, 0.05) is 19.7 Å². The summed E-state index contributed by atoms with van der Waals surface area (Å²) in [6, 6.07) is 1.71. The van der Waals surface area contributed by atoms with Crippen LogP contribution in [0.4, 0.5) is 11.6 Å². The Bertz CT molecular complexity index is 370. The van der Waals surface area contributed by atoms with Gasteiger partial charge in [0.1, 0.15) is 18.0 Å². The van der Waals surface area contributed by atoms with Crippen LogP contribution in [0.25, 0.3) is 0 Å². The quantitative estimate of drug-likeness (QED) is 0.466. The monoisotopic (exact) mass is 238 g/mol. The number of likely N-dealkylation sites (N-methyl/N-ethyl adjacent to an activating group) is 1. The molecule has 0 atom stereocenters. The number of nitrogens with one attached hydrogen (secondary N) is 2. The van der Waals surface area contributed by atoms with E-state index in [1.165, 1.54) is 6.33 Å². The van der Waals surface area contributed by atoms with Crippen molar-refractivity contribution in [3.05, 3.63) is 12.4 Å². The Morgan fingerprint density at radius 2 is 2.29 bits per heavy atom. The van der Waals surface area contributed by atoms with Gasteiger partial charge in [0.2, 0.25) is 5.91 Å². The molecular formula is C10H18N6O. The van der Waals surface area contributed by atoms with Gasteiger partial charge < -0.3 is 15.6 Å². The molecule has 0 aliphatic heterocycles. The lowest BCUT2D eigenvalue weighted by molar-refractivity contribution is -0.119. The molecule has 1 aromatic heterocycles. The van der Waals surface area contributed by atoms with Gasteiger partial charge in [-0.15, -0.1) is 0 Å². The summed E-state index contributed by atoms with van der Waals surface area (Å²) in [5.74, 6) is 6.43. The van der Waals surface area contributed by atoms with Gasteiger partial charge >= 0.3 is 0 Å². The zero-order valence-electron chi connectivity index (χ0n) is 10.1. The first-order valence-corrected chi connectivity index (χ1v) is 5.45. The van der Waals surface area contributed by atoms with Gasteiger partial charge in [0.15, 0.2) is 0 Å². The van der Waals surface area contributed by atoms with Gasteiger partial charge in [0.05, 0.1) is 6.54 Å². The summed E-state index contributed by atoms with van der Waals surface area (Å²) in [6.07, 6.45) is 2.34. The van der Waals surface area contributed by atoms with Crippen LogP contribution in [-0.2, 0) is 4.79 Å². The lowest BCUT2D eigenvalue weighted by Crippen LogP contribution is -2.36. The number of hydrogen-bond acceptors (Lipinski definition) is 6. The molecule has 94 valence electrons. The van der Waals surface area contributed by atoms with E-state index in [1.54, 1.807) is 13.1 Å². The number of carbonyl (C=O) groups is 1. The molecule has 0 saturated carbocycles. The smallest absolute Gasteiger partial charge is 0.239 e. The van der Waals surface area contributed by atoms with Gasteiger partial charge in [-0.1, -0.05) is 6.92 Å². The summed E-state index contributed by atoms with van der Waals surface area (Å²) in [6.45, 7) is 3.06. The second-order valence-corrected chi connectivity index (χ2v) is 3.50. The van der Waals surface area contributed by atoms with Crippen LogP contribution in [0.5, 0.6) is 0 Å². The van der Waals surface area contributed by atoms with E-state index in [1.807, 2.05) is 11.8 Å². The molecule has 1 amide bonds. The van der Waals surface area contributed by atoms with E-state index in [2.05, 4.69) is 20.7 Å². The Labute approximate surface area is 100 Å². The van der Waals surface area contributed by atoms with Gasteiger partial charge in [-0.05, 0) is 6.42 Å².